The van der Waals surface area contributed by atoms with Gasteiger partial charge in [0.25, 0.3) is 0 Å². The van der Waals surface area contributed by atoms with Crippen LogP contribution in [-0.4, -0.2) is 31.6 Å². The smallest absolute Gasteiger partial charge is 0.0406 e. The molecule has 0 spiro atoms. The number of hydrogen-bond donors (Lipinski definition) is 1. The monoisotopic (exact) mass is 310 g/mol. The first-order chi connectivity index (χ1) is 10.0. The Kier molecular flexibility index (Phi) is 8.31. The largest absolute Gasteiger partial charge is 0.316 e. The normalized spacial score (nSPS) is 12.1. The Morgan fingerprint density at radius 1 is 1.10 bits per heavy atom. The van der Waals surface area contributed by atoms with Gasteiger partial charge in [0.15, 0.2) is 0 Å². The fourth-order valence-corrected chi connectivity index (χ4v) is 2.97. The Balaban J connectivity index is 2.58. The molecule has 0 bridgehead atoms. The van der Waals surface area contributed by atoms with Gasteiger partial charge in [-0.05, 0) is 56.0 Å². The SMILES string of the molecule is CCCNCC(CC)(CC)CN(C)Cc1ccc(Cl)cc1. The number of benzene rings is 1. The lowest BCUT2D eigenvalue weighted by atomic mass is 9.81. The maximum atomic E-state index is 5.95. The molecule has 0 unspecified atom stereocenters. The predicted octanol–water partition coefficient (Wildman–Crippen LogP) is 4.58. The summed E-state index contributed by atoms with van der Waals surface area (Å²) >= 11 is 5.95. The van der Waals surface area contributed by atoms with Crippen molar-refractivity contribution in [2.75, 3.05) is 26.7 Å². The van der Waals surface area contributed by atoms with Gasteiger partial charge in [-0.3, -0.25) is 0 Å². The van der Waals surface area contributed by atoms with Crippen LogP contribution < -0.4 is 5.32 Å². The number of halogens is 1. The topological polar surface area (TPSA) is 15.3 Å². The van der Waals surface area contributed by atoms with Crippen LogP contribution in [0.1, 0.15) is 45.6 Å². The van der Waals surface area contributed by atoms with Gasteiger partial charge in [0.2, 0.25) is 0 Å². The summed E-state index contributed by atoms with van der Waals surface area (Å²) < 4.78 is 0. The molecule has 3 heteroatoms. The lowest BCUT2D eigenvalue weighted by molar-refractivity contribution is 0.151. The van der Waals surface area contributed by atoms with E-state index in [-0.39, 0.29) is 0 Å². The second kappa shape index (κ2) is 9.45. The van der Waals surface area contributed by atoms with Crippen LogP contribution in [0.15, 0.2) is 24.3 Å². The van der Waals surface area contributed by atoms with Crippen molar-refractivity contribution in [1.29, 1.82) is 0 Å². The fraction of sp³-hybridized carbons (Fsp3) is 0.667. The molecule has 2 nitrogen and oxygen atoms in total. The lowest BCUT2D eigenvalue weighted by Crippen LogP contribution is -2.42. The molecular weight excluding hydrogens is 280 g/mol. The average molecular weight is 311 g/mol. The third-order valence-electron chi connectivity index (χ3n) is 4.40. The molecule has 0 atom stereocenters. The molecule has 0 amide bonds. The maximum Gasteiger partial charge on any atom is 0.0406 e. The van der Waals surface area contributed by atoms with Crippen LogP contribution in [0.5, 0.6) is 0 Å². The Bertz CT molecular complexity index is 385. The van der Waals surface area contributed by atoms with E-state index in [2.05, 4.69) is 50.2 Å². The van der Waals surface area contributed by atoms with Crippen molar-refractivity contribution in [3.63, 3.8) is 0 Å². The van der Waals surface area contributed by atoms with Crippen LogP contribution in [0.25, 0.3) is 0 Å². The Morgan fingerprint density at radius 2 is 1.71 bits per heavy atom. The summed E-state index contributed by atoms with van der Waals surface area (Å²) in [6.07, 6.45) is 3.63. The molecule has 0 aliphatic heterocycles. The van der Waals surface area contributed by atoms with Crippen molar-refractivity contribution < 1.29 is 0 Å². The number of nitrogens with one attached hydrogen (secondary N) is 1. The number of hydrogen-bond acceptors (Lipinski definition) is 2. The van der Waals surface area contributed by atoms with Gasteiger partial charge in [0, 0.05) is 24.7 Å². The molecule has 21 heavy (non-hydrogen) atoms. The van der Waals surface area contributed by atoms with E-state index in [1.54, 1.807) is 0 Å². The summed E-state index contributed by atoms with van der Waals surface area (Å²) in [5.74, 6) is 0. The van der Waals surface area contributed by atoms with Gasteiger partial charge in [-0.1, -0.05) is 44.5 Å². The van der Waals surface area contributed by atoms with Gasteiger partial charge in [-0.25, -0.2) is 0 Å². The van der Waals surface area contributed by atoms with E-state index in [0.29, 0.717) is 5.41 Å². The molecule has 1 rings (SSSR count). The van der Waals surface area contributed by atoms with Crippen LogP contribution in [0, 0.1) is 5.41 Å². The number of rotatable bonds is 10. The van der Waals surface area contributed by atoms with Crippen LogP contribution >= 0.6 is 11.6 Å². The highest BCUT2D eigenvalue weighted by molar-refractivity contribution is 6.30. The second-order valence-corrected chi connectivity index (χ2v) is 6.62. The molecule has 0 aliphatic rings. The van der Waals surface area contributed by atoms with Crippen LogP contribution in [0.2, 0.25) is 5.02 Å². The van der Waals surface area contributed by atoms with Gasteiger partial charge in [0.05, 0.1) is 0 Å². The van der Waals surface area contributed by atoms with Gasteiger partial charge in [-0.15, -0.1) is 0 Å². The van der Waals surface area contributed by atoms with Gasteiger partial charge >= 0.3 is 0 Å². The van der Waals surface area contributed by atoms with Crippen LogP contribution in [-0.2, 0) is 6.54 Å². The van der Waals surface area contributed by atoms with Crippen molar-refractivity contribution in [1.82, 2.24) is 10.2 Å². The highest BCUT2D eigenvalue weighted by Gasteiger charge is 2.27. The molecule has 0 heterocycles. The molecule has 0 aliphatic carbocycles. The Hall–Kier alpha value is -0.570. The highest BCUT2D eigenvalue weighted by Crippen LogP contribution is 2.27. The summed E-state index contributed by atoms with van der Waals surface area (Å²) in [6, 6.07) is 8.18. The van der Waals surface area contributed by atoms with E-state index in [1.807, 2.05) is 12.1 Å². The molecule has 0 aromatic heterocycles. The third-order valence-corrected chi connectivity index (χ3v) is 4.65. The van der Waals surface area contributed by atoms with Crippen molar-refractivity contribution in [2.24, 2.45) is 5.41 Å². The Labute approximate surface area is 135 Å². The summed E-state index contributed by atoms with van der Waals surface area (Å²) in [5, 5.41) is 4.42. The quantitative estimate of drug-likeness (QED) is 0.636. The van der Waals surface area contributed by atoms with Gasteiger partial charge in [0.1, 0.15) is 0 Å². The maximum absolute atomic E-state index is 5.95. The van der Waals surface area contributed by atoms with Crippen molar-refractivity contribution >= 4 is 11.6 Å². The lowest BCUT2D eigenvalue weighted by Gasteiger charge is -2.36. The van der Waals surface area contributed by atoms with Crippen molar-refractivity contribution in [3.8, 4) is 0 Å². The first kappa shape index (κ1) is 18.5. The molecule has 0 fully saturated rings. The molecule has 0 saturated heterocycles. The first-order valence-corrected chi connectivity index (χ1v) is 8.56. The van der Waals surface area contributed by atoms with Crippen LogP contribution in [0.3, 0.4) is 0 Å². The molecule has 1 aromatic carbocycles. The Morgan fingerprint density at radius 3 is 2.24 bits per heavy atom. The van der Waals surface area contributed by atoms with Gasteiger partial charge in [-0.2, -0.15) is 0 Å². The van der Waals surface area contributed by atoms with E-state index < -0.39 is 0 Å². The average Bonchev–Trinajstić information content (AvgIpc) is 2.49. The minimum atomic E-state index is 0.371. The summed E-state index contributed by atoms with van der Waals surface area (Å²) in [6.45, 7) is 11.2. The van der Waals surface area contributed by atoms with E-state index in [9.17, 15) is 0 Å². The van der Waals surface area contributed by atoms with Crippen molar-refractivity contribution in [2.45, 2.75) is 46.6 Å². The zero-order valence-corrected chi connectivity index (χ0v) is 14.8. The fourth-order valence-electron chi connectivity index (χ4n) is 2.84. The molecule has 120 valence electrons. The highest BCUT2D eigenvalue weighted by atomic mass is 35.5. The molecule has 1 aromatic rings. The molecule has 0 saturated carbocycles. The minimum Gasteiger partial charge on any atom is -0.316 e. The van der Waals surface area contributed by atoms with Crippen molar-refractivity contribution in [3.05, 3.63) is 34.9 Å². The van der Waals surface area contributed by atoms with E-state index in [1.165, 1.54) is 24.8 Å². The summed E-state index contributed by atoms with van der Waals surface area (Å²) in [5.41, 5.74) is 1.70. The molecule has 0 radical (unpaired) electrons. The summed E-state index contributed by atoms with van der Waals surface area (Å²) in [4.78, 5) is 2.43. The van der Waals surface area contributed by atoms with E-state index in [4.69, 9.17) is 11.6 Å². The third kappa shape index (κ3) is 6.37. The first-order valence-electron chi connectivity index (χ1n) is 8.19. The molecule has 1 N–H and O–H groups in total. The predicted molar refractivity (Wildman–Crippen MR) is 94.0 cm³/mol. The van der Waals surface area contributed by atoms with Gasteiger partial charge < -0.3 is 10.2 Å². The van der Waals surface area contributed by atoms with Crippen LogP contribution in [0.4, 0.5) is 0 Å². The minimum absolute atomic E-state index is 0.371. The summed E-state index contributed by atoms with van der Waals surface area (Å²) in [7, 11) is 2.22. The second-order valence-electron chi connectivity index (χ2n) is 6.18. The van der Waals surface area contributed by atoms with E-state index in [0.717, 1.165) is 31.2 Å². The zero-order valence-electron chi connectivity index (χ0n) is 14.1. The van der Waals surface area contributed by atoms with E-state index >= 15 is 0 Å². The number of nitrogens with zero attached hydrogens (tertiary/aromatic N) is 1. The standard InChI is InChI=1S/C18H31ClN2/c1-5-12-20-14-18(6-2,7-3)15-21(4)13-16-8-10-17(19)11-9-16/h8-11,20H,5-7,12-15H2,1-4H3. The molecular formula is C18H31ClN2. The zero-order chi connectivity index (χ0) is 15.7.